The third kappa shape index (κ3) is 3.18. The number of methoxy groups -OCH3 is 1. The zero-order chi connectivity index (χ0) is 17.1. The Morgan fingerprint density at radius 2 is 1.96 bits per heavy atom. The number of fused-ring (bicyclic) bond motifs is 1. The van der Waals surface area contributed by atoms with Gasteiger partial charge in [-0.1, -0.05) is 29.8 Å². The molecule has 2 aromatic heterocycles. The number of nitrogens with zero attached hydrogens (tertiary/aromatic N) is 2. The molecule has 0 unspecified atom stereocenters. The quantitative estimate of drug-likeness (QED) is 0.583. The summed E-state index contributed by atoms with van der Waals surface area (Å²) in [5.41, 5.74) is 1.55. The Balaban J connectivity index is 1.84. The largest absolute Gasteiger partial charge is 0.464 e. The smallest absolute Gasteiger partial charge is 0.356 e. The summed E-state index contributed by atoms with van der Waals surface area (Å²) in [7, 11) is 1.27. The second-order valence-corrected chi connectivity index (χ2v) is 5.26. The lowest BCUT2D eigenvalue weighted by Crippen LogP contribution is -2.14. The number of para-hydroxylation sites is 1. The fourth-order valence-corrected chi connectivity index (χ4v) is 2.37. The van der Waals surface area contributed by atoms with E-state index in [1.54, 1.807) is 12.1 Å². The number of aromatic nitrogens is 2. The predicted octanol–water partition coefficient (Wildman–Crippen LogP) is 3.32. The number of amides is 1. The SMILES string of the molecule is COC(=O)c1ccc(NC(=O)c2cc3ccccc3nc2Cl)cn1. The Bertz CT molecular complexity index is 926. The van der Waals surface area contributed by atoms with Crippen molar-refractivity contribution in [3.05, 3.63) is 65.1 Å². The molecule has 0 bridgehead atoms. The maximum absolute atomic E-state index is 12.4. The van der Waals surface area contributed by atoms with Crippen molar-refractivity contribution < 1.29 is 14.3 Å². The summed E-state index contributed by atoms with van der Waals surface area (Å²) in [5, 5.41) is 3.60. The Kier molecular flexibility index (Phi) is 4.39. The van der Waals surface area contributed by atoms with Crippen LogP contribution in [0, 0.1) is 0 Å². The molecular formula is C17H12ClN3O3. The average molecular weight is 342 g/mol. The van der Waals surface area contributed by atoms with Crippen molar-refractivity contribution in [3.63, 3.8) is 0 Å². The lowest BCUT2D eigenvalue weighted by molar-refractivity contribution is 0.0594. The highest BCUT2D eigenvalue weighted by Gasteiger charge is 2.14. The van der Waals surface area contributed by atoms with Gasteiger partial charge in [0.15, 0.2) is 0 Å². The van der Waals surface area contributed by atoms with Gasteiger partial charge >= 0.3 is 5.97 Å². The molecule has 3 rings (SSSR count). The minimum Gasteiger partial charge on any atom is -0.464 e. The van der Waals surface area contributed by atoms with Crippen molar-refractivity contribution >= 4 is 40.1 Å². The standard InChI is InChI=1S/C17H12ClN3O3/c1-24-17(23)14-7-6-11(9-19-14)20-16(22)12-8-10-4-2-3-5-13(10)21-15(12)18/h2-9H,1H3,(H,20,22). The molecular weight excluding hydrogens is 330 g/mol. The second-order valence-electron chi connectivity index (χ2n) is 4.90. The molecule has 0 atom stereocenters. The molecule has 6 nitrogen and oxygen atoms in total. The highest BCUT2D eigenvalue weighted by Crippen LogP contribution is 2.21. The van der Waals surface area contributed by atoms with Gasteiger partial charge < -0.3 is 10.1 Å². The van der Waals surface area contributed by atoms with Gasteiger partial charge in [-0.05, 0) is 24.3 Å². The number of rotatable bonds is 3. The van der Waals surface area contributed by atoms with Crippen LogP contribution in [0.2, 0.25) is 5.15 Å². The number of halogens is 1. The molecule has 1 amide bonds. The van der Waals surface area contributed by atoms with Crippen LogP contribution in [0.5, 0.6) is 0 Å². The number of carbonyl (C=O) groups excluding carboxylic acids is 2. The van der Waals surface area contributed by atoms with Gasteiger partial charge in [-0.15, -0.1) is 0 Å². The van der Waals surface area contributed by atoms with Crippen molar-refractivity contribution in [1.29, 1.82) is 0 Å². The molecule has 0 saturated carbocycles. The molecule has 1 N–H and O–H groups in total. The summed E-state index contributed by atoms with van der Waals surface area (Å²) in [4.78, 5) is 31.9. The van der Waals surface area contributed by atoms with E-state index in [0.29, 0.717) is 11.2 Å². The van der Waals surface area contributed by atoms with Crippen molar-refractivity contribution in [2.75, 3.05) is 12.4 Å². The minimum absolute atomic E-state index is 0.116. The number of hydrogen-bond acceptors (Lipinski definition) is 5. The van der Waals surface area contributed by atoms with E-state index in [-0.39, 0.29) is 16.4 Å². The number of benzene rings is 1. The Hall–Kier alpha value is -2.99. The molecule has 7 heteroatoms. The zero-order valence-electron chi connectivity index (χ0n) is 12.6. The van der Waals surface area contributed by atoms with E-state index in [4.69, 9.17) is 11.6 Å². The molecule has 0 aliphatic rings. The Morgan fingerprint density at radius 3 is 2.67 bits per heavy atom. The van der Waals surface area contributed by atoms with E-state index in [9.17, 15) is 9.59 Å². The second kappa shape index (κ2) is 6.64. The van der Waals surface area contributed by atoms with Gasteiger partial charge in [-0.25, -0.2) is 14.8 Å². The first-order valence-electron chi connectivity index (χ1n) is 6.99. The van der Waals surface area contributed by atoms with Gasteiger partial charge in [-0.3, -0.25) is 4.79 Å². The molecule has 1 aromatic carbocycles. The summed E-state index contributed by atoms with van der Waals surface area (Å²) >= 11 is 6.10. The lowest BCUT2D eigenvalue weighted by atomic mass is 10.1. The van der Waals surface area contributed by atoms with Gasteiger partial charge in [0.2, 0.25) is 0 Å². The van der Waals surface area contributed by atoms with Crippen molar-refractivity contribution in [2.24, 2.45) is 0 Å². The third-order valence-corrected chi connectivity index (χ3v) is 3.63. The van der Waals surface area contributed by atoms with Gasteiger partial charge in [0.05, 0.1) is 30.1 Å². The third-order valence-electron chi connectivity index (χ3n) is 3.34. The van der Waals surface area contributed by atoms with E-state index in [2.05, 4.69) is 20.0 Å². The summed E-state index contributed by atoms with van der Waals surface area (Å²) in [6, 6.07) is 12.1. The van der Waals surface area contributed by atoms with Crippen molar-refractivity contribution in [3.8, 4) is 0 Å². The molecule has 0 aliphatic heterocycles. The monoisotopic (exact) mass is 341 g/mol. The fourth-order valence-electron chi connectivity index (χ4n) is 2.14. The van der Waals surface area contributed by atoms with Crippen LogP contribution < -0.4 is 5.32 Å². The summed E-state index contributed by atoms with van der Waals surface area (Å²) in [5.74, 6) is -0.958. The first kappa shape index (κ1) is 15.9. The van der Waals surface area contributed by atoms with Crippen LogP contribution in [-0.2, 0) is 4.74 Å². The van der Waals surface area contributed by atoms with Crippen LogP contribution in [0.4, 0.5) is 5.69 Å². The highest BCUT2D eigenvalue weighted by molar-refractivity contribution is 6.33. The lowest BCUT2D eigenvalue weighted by Gasteiger charge is -2.08. The molecule has 0 spiro atoms. The van der Waals surface area contributed by atoms with Crippen molar-refractivity contribution in [1.82, 2.24) is 9.97 Å². The minimum atomic E-state index is -0.547. The molecule has 24 heavy (non-hydrogen) atoms. The van der Waals surface area contributed by atoms with E-state index in [1.807, 2.05) is 24.3 Å². The molecule has 0 radical (unpaired) electrons. The maximum atomic E-state index is 12.4. The average Bonchev–Trinajstić information content (AvgIpc) is 2.61. The molecule has 0 fully saturated rings. The molecule has 120 valence electrons. The van der Waals surface area contributed by atoms with E-state index in [0.717, 1.165) is 5.39 Å². The van der Waals surface area contributed by atoms with Gasteiger partial charge in [-0.2, -0.15) is 0 Å². The van der Waals surface area contributed by atoms with Crippen LogP contribution in [-0.4, -0.2) is 29.0 Å². The topological polar surface area (TPSA) is 81.2 Å². The summed E-state index contributed by atoms with van der Waals surface area (Å²) in [6.07, 6.45) is 1.37. The molecule has 2 heterocycles. The van der Waals surface area contributed by atoms with Crippen LogP contribution in [0.1, 0.15) is 20.8 Å². The Labute approximate surface area is 142 Å². The summed E-state index contributed by atoms with van der Waals surface area (Å²) < 4.78 is 4.57. The van der Waals surface area contributed by atoms with E-state index < -0.39 is 11.9 Å². The van der Waals surface area contributed by atoms with Crippen LogP contribution in [0.3, 0.4) is 0 Å². The maximum Gasteiger partial charge on any atom is 0.356 e. The van der Waals surface area contributed by atoms with Gasteiger partial charge in [0.25, 0.3) is 5.91 Å². The number of ether oxygens (including phenoxy) is 1. The van der Waals surface area contributed by atoms with Crippen LogP contribution >= 0.6 is 11.6 Å². The summed E-state index contributed by atoms with van der Waals surface area (Å²) in [6.45, 7) is 0. The number of hydrogen-bond donors (Lipinski definition) is 1. The van der Waals surface area contributed by atoms with Crippen molar-refractivity contribution in [2.45, 2.75) is 0 Å². The Morgan fingerprint density at radius 1 is 1.17 bits per heavy atom. The van der Waals surface area contributed by atoms with E-state index in [1.165, 1.54) is 19.4 Å². The first-order valence-corrected chi connectivity index (χ1v) is 7.37. The van der Waals surface area contributed by atoms with Crippen LogP contribution in [0.15, 0.2) is 48.7 Å². The fraction of sp³-hybridized carbons (Fsp3) is 0.0588. The first-order chi connectivity index (χ1) is 11.6. The number of anilines is 1. The van der Waals surface area contributed by atoms with E-state index >= 15 is 0 Å². The van der Waals surface area contributed by atoms with Crippen LogP contribution in [0.25, 0.3) is 10.9 Å². The molecule has 0 saturated heterocycles. The van der Waals surface area contributed by atoms with Gasteiger partial charge in [0.1, 0.15) is 10.8 Å². The zero-order valence-corrected chi connectivity index (χ0v) is 13.4. The number of nitrogens with one attached hydrogen (secondary N) is 1. The predicted molar refractivity (Wildman–Crippen MR) is 90.3 cm³/mol. The van der Waals surface area contributed by atoms with Gasteiger partial charge in [0, 0.05) is 5.39 Å². The number of pyridine rings is 2. The number of esters is 1. The number of carbonyl (C=O) groups is 2. The molecule has 3 aromatic rings. The normalized spacial score (nSPS) is 10.4. The molecule has 0 aliphatic carbocycles. The highest BCUT2D eigenvalue weighted by atomic mass is 35.5.